The summed E-state index contributed by atoms with van der Waals surface area (Å²) in [5.74, 6) is 1.68. The van der Waals surface area contributed by atoms with E-state index in [1.54, 1.807) is 0 Å². The maximum Gasteiger partial charge on any atom is 0.193 e. The lowest BCUT2D eigenvalue weighted by molar-refractivity contribution is 0.0571. The number of hydrogen-bond acceptors (Lipinski definition) is 3. The third-order valence-corrected chi connectivity index (χ3v) is 4.38. The number of halogens is 1. The number of nitrogens with one attached hydrogen (secondary N) is 1. The average Bonchev–Trinajstić information content (AvgIpc) is 3.20. The Labute approximate surface area is 151 Å². The maximum atomic E-state index is 10.4. The smallest absolute Gasteiger partial charge is 0.193 e. The SMILES string of the molecule is CCNC(=NCC1(O)CCCC1)N(C)CCOCC1CC1.I. The maximum absolute atomic E-state index is 10.4. The van der Waals surface area contributed by atoms with Gasteiger partial charge in [0, 0.05) is 26.7 Å². The monoisotopic (exact) mass is 425 g/mol. The fraction of sp³-hybridized carbons (Fsp3) is 0.938. The van der Waals surface area contributed by atoms with Crippen LogP contribution in [0.15, 0.2) is 4.99 Å². The summed E-state index contributed by atoms with van der Waals surface area (Å²) >= 11 is 0. The third-order valence-electron chi connectivity index (χ3n) is 4.38. The number of rotatable bonds is 8. The molecule has 0 amide bonds. The second-order valence-corrected chi connectivity index (χ2v) is 6.54. The van der Waals surface area contributed by atoms with Crippen LogP contribution < -0.4 is 5.32 Å². The number of aliphatic hydroxyl groups is 1. The van der Waals surface area contributed by atoms with Crippen LogP contribution in [0.5, 0.6) is 0 Å². The quantitative estimate of drug-likeness (QED) is 0.271. The van der Waals surface area contributed by atoms with E-state index in [2.05, 4.69) is 22.1 Å². The summed E-state index contributed by atoms with van der Waals surface area (Å²) in [5, 5.41) is 13.7. The average molecular weight is 425 g/mol. The first kappa shape index (κ1) is 20.0. The van der Waals surface area contributed by atoms with Crippen molar-refractivity contribution in [2.24, 2.45) is 10.9 Å². The molecule has 2 aliphatic rings. The highest BCUT2D eigenvalue weighted by molar-refractivity contribution is 14.0. The van der Waals surface area contributed by atoms with Gasteiger partial charge in [-0.2, -0.15) is 0 Å². The molecule has 0 aromatic rings. The van der Waals surface area contributed by atoms with Crippen LogP contribution >= 0.6 is 24.0 Å². The lowest BCUT2D eigenvalue weighted by Crippen LogP contribution is -2.42. The van der Waals surface area contributed by atoms with Gasteiger partial charge in [0.15, 0.2) is 5.96 Å². The second kappa shape index (κ2) is 9.93. The van der Waals surface area contributed by atoms with Crippen LogP contribution in [0.1, 0.15) is 45.4 Å². The van der Waals surface area contributed by atoms with Gasteiger partial charge in [0.05, 0.1) is 18.8 Å². The summed E-state index contributed by atoms with van der Waals surface area (Å²) in [5.41, 5.74) is -0.579. The minimum Gasteiger partial charge on any atom is -0.388 e. The zero-order valence-electron chi connectivity index (χ0n) is 14.0. The van der Waals surface area contributed by atoms with Gasteiger partial charge in [-0.25, -0.2) is 0 Å². The van der Waals surface area contributed by atoms with Crippen molar-refractivity contribution in [3.8, 4) is 0 Å². The third kappa shape index (κ3) is 7.00. The normalized spacial score (nSPS) is 20.6. The molecule has 2 saturated carbocycles. The largest absolute Gasteiger partial charge is 0.388 e. The molecule has 0 aromatic heterocycles. The van der Waals surface area contributed by atoms with E-state index in [0.717, 1.165) is 63.9 Å². The van der Waals surface area contributed by atoms with Crippen molar-refractivity contribution < 1.29 is 9.84 Å². The Hall–Kier alpha value is -0.0800. The van der Waals surface area contributed by atoms with Gasteiger partial charge in [-0.1, -0.05) is 12.8 Å². The molecule has 2 rings (SSSR count). The molecular weight excluding hydrogens is 393 g/mol. The lowest BCUT2D eigenvalue weighted by atomic mass is 10.0. The number of likely N-dealkylation sites (N-methyl/N-ethyl adjacent to an activating group) is 1. The minimum atomic E-state index is -0.579. The Kier molecular flexibility index (Phi) is 9.01. The van der Waals surface area contributed by atoms with Gasteiger partial charge >= 0.3 is 0 Å². The molecule has 0 saturated heterocycles. The summed E-state index contributed by atoms with van der Waals surface area (Å²) < 4.78 is 5.68. The molecule has 0 heterocycles. The predicted molar refractivity (Wildman–Crippen MR) is 101 cm³/mol. The highest BCUT2D eigenvalue weighted by Gasteiger charge is 2.31. The number of nitrogens with zero attached hydrogens (tertiary/aromatic N) is 2. The minimum absolute atomic E-state index is 0. The Morgan fingerprint density at radius 2 is 2.05 bits per heavy atom. The molecule has 0 spiro atoms. The molecule has 2 N–H and O–H groups in total. The van der Waals surface area contributed by atoms with Crippen molar-refractivity contribution in [1.29, 1.82) is 0 Å². The van der Waals surface area contributed by atoms with E-state index in [4.69, 9.17) is 4.74 Å². The summed E-state index contributed by atoms with van der Waals surface area (Å²) in [4.78, 5) is 6.71. The van der Waals surface area contributed by atoms with E-state index in [-0.39, 0.29) is 24.0 Å². The number of hydrogen-bond donors (Lipinski definition) is 2. The summed E-state index contributed by atoms with van der Waals surface area (Å²) in [6.45, 7) is 5.88. The van der Waals surface area contributed by atoms with Crippen molar-refractivity contribution in [3.63, 3.8) is 0 Å². The Morgan fingerprint density at radius 3 is 2.64 bits per heavy atom. The molecule has 2 aliphatic carbocycles. The van der Waals surface area contributed by atoms with Crippen molar-refractivity contribution in [3.05, 3.63) is 0 Å². The van der Waals surface area contributed by atoms with Crippen molar-refractivity contribution in [2.45, 2.75) is 51.0 Å². The van der Waals surface area contributed by atoms with Gasteiger partial charge in [0.1, 0.15) is 0 Å². The zero-order valence-corrected chi connectivity index (χ0v) is 16.3. The van der Waals surface area contributed by atoms with Crippen molar-refractivity contribution in [1.82, 2.24) is 10.2 Å². The Balaban J connectivity index is 0.00000242. The summed E-state index contributed by atoms with van der Waals surface area (Å²) in [6, 6.07) is 0. The molecule has 2 fully saturated rings. The standard InChI is InChI=1S/C16H31N3O2.HI/c1-3-17-15(18-13-16(20)8-4-5-9-16)19(2)10-11-21-12-14-6-7-14;/h14,20H,3-13H2,1-2H3,(H,17,18);1H. The van der Waals surface area contributed by atoms with Crippen molar-refractivity contribution in [2.75, 3.05) is 39.9 Å². The van der Waals surface area contributed by atoms with E-state index in [1.807, 2.05) is 7.05 Å². The van der Waals surface area contributed by atoms with E-state index in [0.29, 0.717) is 6.54 Å². The molecule has 22 heavy (non-hydrogen) atoms. The first-order valence-electron chi connectivity index (χ1n) is 8.42. The molecule has 0 unspecified atom stereocenters. The fourth-order valence-electron chi connectivity index (χ4n) is 2.72. The number of aliphatic imine (C=N–C) groups is 1. The molecule has 0 aliphatic heterocycles. The topological polar surface area (TPSA) is 57.1 Å². The number of guanidine groups is 1. The number of ether oxygens (including phenoxy) is 1. The second-order valence-electron chi connectivity index (χ2n) is 6.54. The van der Waals surface area contributed by atoms with Gasteiger partial charge in [-0.05, 0) is 38.5 Å². The molecule has 5 nitrogen and oxygen atoms in total. The van der Waals surface area contributed by atoms with Crippen LogP contribution in [0, 0.1) is 5.92 Å². The Bertz CT molecular complexity index is 342. The van der Waals surface area contributed by atoms with Crippen LogP contribution in [0.2, 0.25) is 0 Å². The molecule has 130 valence electrons. The van der Waals surface area contributed by atoms with Gasteiger partial charge in [-0.3, -0.25) is 4.99 Å². The zero-order chi connectivity index (χ0) is 15.1. The molecule has 0 atom stereocenters. The van der Waals surface area contributed by atoms with Crippen LogP contribution in [-0.2, 0) is 4.74 Å². The van der Waals surface area contributed by atoms with Crippen molar-refractivity contribution >= 4 is 29.9 Å². The highest BCUT2D eigenvalue weighted by Crippen LogP contribution is 2.29. The predicted octanol–water partition coefficient (Wildman–Crippen LogP) is 2.23. The molecule has 0 bridgehead atoms. The van der Waals surface area contributed by atoms with Gasteiger partial charge < -0.3 is 20.1 Å². The highest BCUT2D eigenvalue weighted by atomic mass is 127. The lowest BCUT2D eigenvalue weighted by Gasteiger charge is -2.25. The van der Waals surface area contributed by atoms with E-state index >= 15 is 0 Å². The van der Waals surface area contributed by atoms with Crippen LogP contribution in [0.25, 0.3) is 0 Å². The molecule has 0 aromatic carbocycles. The van der Waals surface area contributed by atoms with Gasteiger partial charge in [0.2, 0.25) is 0 Å². The molecule has 6 heteroatoms. The summed E-state index contributed by atoms with van der Waals surface area (Å²) in [7, 11) is 2.03. The van der Waals surface area contributed by atoms with E-state index < -0.39 is 5.60 Å². The van der Waals surface area contributed by atoms with Crippen LogP contribution in [-0.4, -0.2) is 61.5 Å². The van der Waals surface area contributed by atoms with Gasteiger partial charge in [-0.15, -0.1) is 24.0 Å². The van der Waals surface area contributed by atoms with Crippen LogP contribution in [0.4, 0.5) is 0 Å². The Morgan fingerprint density at radius 1 is 1.36 bits per heavy atom. The van der Waals surface area contributed by atoms with Crippen LogP contribution in [0.3, 0.4) is 0 Å². The molecule has 0 radical (unpaired) electrons. The van der Waals surface area contributed by atoms with E-state index in [9.17, 15) is 5.11 Å². The van der Waals surface area contributed by atoms with Gasteiger partial charge in [0.25, 0.3) is 0 Å². The molecular formula is C16H32IN3O2. The fourth-order valence-corrected chi connectivity index (χ4v) is 2.72. The first-order valence-corrected chi connectivity index (χ1v) is 8.42. The van der Waals surface area contributed by atoms with E-state index in [1.165, 1.54) is 12.8 Å². The first-order chi connectivity index (χ1) is 10.1. The summed E-state index contributed by atoms with van der Waals surface area (Å²) in [6.07, 6.45) is 6.66.